The van der Waals surface area contributed by atoms with E-state index in [1.807, 2.05) is 24.3 Å². The van der Waals surface area contributed by atoms with E-state index in [-0.39, 0.29) is 82.9 Å². The molecule has 2 aromatic carbocycles. The molecule has 3 fully saturated rings. The Balaban J connectivity index is 1.36. The minimum atomic E-state index is -1.35. The highest BCUT2D eigenvalue weighted by molar-refractivity contribution is 5.97. The number of carbonyl (C=O) groups is 8. The van der Waals surface area contributed by atoms with E-state index in [9.17, 15) is 53.7 Å². The Hall–Kier alpha value is -7.11. The van der Waals surface area contributed by atoms with Crippen molar-refractivity contribution < 1.29 is 53.7 Å². The molecule has 3 aromatic rings. The number of carbonyl (C=O) groups excluding carboxylic acids is 6. The van der Waals surface area contributed by atoms with Gasteiger partial charge in [0, 0.05) is 49.2 Å². The van der Waals surface area contributed by atoms with E-state index in [2.05, 4.69) is 47.5 Å². The molecule has 0 radical (unpaired) electrons. The number of fused-ring (bicyclic) bond motifs is 2. The number of carboxylic acids is 2. The third-order valence-electron chi connectivity index (χ3n) is 13.5. The first-order chi connectivity index (χ1) is 34.5. The number of nitrogens with two attached hydrogens (primary N) is 1. The molecule has 390 valence electrons. The molecule has 2 aliphatic heterocycles. The number of carboxylic acid groups (broad SMARTS) is 2. The molecule has 1 unspecified atom stereocenters. The lowest BCUT2D eigenvalue weighted by Crippen LogP contribution is -2.60. The van der Waals surface area contributed by atoms with Gasteiger partial charge in [-0.25, -0.2) is 0 Å². The number of aromatic nitrogens is 1. The minimum Gasteiger partial charge on any atom is -0.480 e. The first-order valence-electron chi connectivity index (χ1n) is 24.6. The third-order valence-corrected chi connectivity index (χ3v) is 13.5. The molecule has 23 nitrogen and oxygen atoms in total. The SMILES string of the molecule is N=C(N)NCCC[C@@H]1NC(=O)[C@H](Cc2c[nH]c3ccccc23)NC(=O)[C@@H](C[C@H]2CC[C@@H](O)CC2)NC(=O)[C@@H]2C[C@H](NCC(=O)O)CN2C(=O)[C@@H](NC(=O)C(Cc2ccccc2)NCC(=O)O)CCCNC1=O. The zero-order valence-corrected chi connectivity index (χ0v) is 40.1. The van der Waals surface area contributed by atoms with Gasteiger partial charge < -0.3 is 68.2 Å². The molecule has 1 aromatic heterocycles. The van der Waals surface area contributed by atoms with Gasteiger partial charge in [0.2, 0.25) is 35.4 Å². The number of aliphatic hydroxyl groups excluding tert-OH is 1. The topological polar surface area (TPSA) is 362 Å². The van der Waals surface area contributed by atoms with Crippen LogP contribution in [0.1, 0.15) is 75.3 Å². The molecule has 1 aliphatic carbocycles. The van der Waals surface area contributed by atoms with Crippen molar-refractivity contribution in [2.24, 2.45) is 11.7 Å². The van der Waals surface area contributed by atoms with Crippen molar-refractivity contribution in [3.63, 3.8) is 0 Å². The fraction of sp³-hybridized carbons (Fsp3) is 0.531. The van der Waals surface area contributed by atoms with Crippen molar-refractivity contribution in [2.75, 3.05) is 32.7 Å². The number of nitrogens with one attached hydrogen (secondary N) is 10. The molecule has 0 bridgehead atoms. The number of aromatic amines is 1. The summed E-state index contributed by atoms with van der Waals surface area (Å²) in [6, 6.07) is 8.05. The largest absolute Gasteiger partial charge is 0.480 e. The molecule has 3 heterocycles. The second kappa shape index (κ2) is 26.4. The van der Waals surface area contributed by atoms with E-state index in [1.54, 1.807) is 36.5 Å². The van der Waals surface area contributed by atoms with Crippen molar-refractivity contribution in [2.45, 2.75) is 125 Å². The van der Waals surface area contributed by atoms with E-state index in [1.165, 1.54) is 4.90 Å². The van der Waals surface area contributed by atoms with Crippen LogP contribution in [0.4, 0.5) is 0 Å². The van der Waals surface area contributed by atoms with Gasteiger partial charge in [-0.15, -0.1) is 0 Å². The molecule has 2 saturated heterocycles. The standard InChI is InChI=1S/C49H68N12O11/c50-49(51)53-19-6-12-35-43(67)52-18-7-13-36(58-44(68)37(56-26-42(65)66)20-28-8-2-1-3-9-28)48(72)61-27-31(54-25-41(63)64)23-40(61)47(71)60-38(21-29-14-16-32(62)17-15-29)45(69)59-39(46(70)57-35)22-30-24-55-34-11-5-4-10-33(30)34/h1-5,8-11,24,29,31-32,35-40,54-56,62H,6-7,12-23,25-27H2,(H,52,67)(H,57,70)(H,58,68)(H,59,69)(H,60,71)(H,63,64)(H,65,66)(H4,50,51,53)/t29-,31-,32+,35-,36-,37?,38+,39-,40-/m0/s1. The monoisotopic (exact) mass is 1000 g/mol. The van der Waals surface area contributed by atoms with Gasteiger partial charge in [0.25, 0.3) is 0 Å². The number of para-hydroxylation sites is 1. The lowest BCUT2D eigenvalue weighted by Gasteiger charge is -2.33. The van der Waals surface area contributed by atoms with Gasteiger partial charge in [-0.3, -0.25) is 49.1 Å². The number of hydrogen-bond acceptors (Lipinski definition) is 12. The normalized spacial score (nSPS) is 25.1. The Morgan fingerprint density at radius 2 is 1.50 bits per heavy atom. The highest BCUT2D eigenvalue weighted by Gasteiger charge is 2.44. The average molecular weight is 1000 g/mol. The molecule has 15 N–H and O–H groups in total. The molecular formula is C49H68N12O11. The van der Waals surface area contributed by atoms with Gasteiger partial charge in [-0.2, -0.15) is 0 Å². The fourth-order valence-corrected chi connectivity index (χ4v) is 9.68. The molecule has 0 spiro atoms. The number of aliphatic hydroxyl groups is 1. The van der Waals surface area contributed by atoms with Crippen molar-refractivity contribution in [3.8, 4) is 0 Å². The number of aliphatic carboxylic acids is 2. The van der Waals surface area contributed by atoms with E-state index in [4.69, 9.17) is 11.1 Å². The third kappa shape index (κ3) is 16.0. The van der Waals surface area contributed by atoms with E-state index in [0.717, 1.165) is 10.9 Å². The van der Waals surface area contributed by atoms with Gasteiger partial charge in [0.1, 0.15) is 30.2 Å². The number of nitrogens with zero attached hydrogens (tertiary/aromatic N) is 1. The van der Waals surface area contributed by atoms with Crippen molar-refractivity contribution in [1.82, 2.24) is 52.4 Å². The second-order valence-corrected chi connectivity index (χ2v) is 18.9. The van der Waals surface area contributed by atoms with Gasteiger partial charge in [0.05, 0.1) is 25.2 Å². The van der Waals surface area contributed by atoms with Crippen LogP contribution in [0.5, 0.6) is 0 Å². The van der Waals surface area contributed by atoms with E-state index < -0.39 is 109 Å². The number of benzene rings is 2. The molecule has 6 amide bonds. The fourth-order valence-electron chi connectivity index (χ4n) is 9.68. The van der Waals surface area contributed by atoms with Crippen LogP contribution >= 0.6 is 0 Å². The molecule has 1 saturated carbocycles. The molecule has 3 aliphatic rings. The molecular weight excluding hydrogens is 933 g/mol. The molecule has 7 atom stereocenters. The van der Waals surface area contributed by atoms with Crippen LogP contribution in [0.2, 0.25) is 0 Å². The molecule has 72 heavy (non-hydrogen) atoms. The van der Waals surface area contributed by atoms with Crippen LogP contribution in [-0.2, 0) is 51.2 Å². The van der Waals surface area contributed by atoms with Crippen LogP contribution < -0.4 is 48.3 Å². The van der Waals surface area contributed by atoms with Gasteiger partial charge in [-0.1, -0.05) is 48.5 Å². The maximum Gasteiger partial charge on any atom is 0.317 e. The van der Waals surface area contributed by atoms with E-state index >= 15 is 0 Å². The Labute approximate surface area is 416 Å². The number of rotatable bonds is 18. The number of hydrogen-bond donors (Lipinski definition) is 14. The average Bonchev–Trinajstić information content (AvgIpc) is 3.98. The summed E-state index contributed by atoms with van der Waals surface area (Å²) in [6.45, 7) is -1.09. The highest BCUT2D eigenvalue weighted by Crippen LogP contribution is 2.29. The Morgan fingerprint density at radius 3 is 2.22 bits per heavy atom. The summed E-state index contributed by atoms with van der Waals surface area (Å²) in [5.74, 6) is -6.99. The summed E-state index contributed by atoms with van der Waals surface area (Å²) in [5.41, 5.74) is 7.67. The number of H-pyrrole nitrogens is 1. The van der Waals surface area contributed by atoms with Crippen molar-refractivity contribution in [1.29, 1.82) is 5.41 Å². The van der Waals surface area contributed by atoms with Crippen LogP contribution in [0, 0.1) is 11.3 Å². The lowest BCUT2D eigenvalue weighted by atomic mass is 9.83. The summed E-state index contributed by atoms with van der Waals surface area (Å²) in [4.78, 5) is 115. The Bertz CT molecular complexity index is 2390. The zero-order chi connectivity index (χ0) is 51.7. The lowest BCUT2D eigenvalue weighted by molar-refractivity contribution is -0.143. The summed E-state index contributed by atoms with van der Waals surface area (Å²) in [6.07, 6.45) is 3.64. The predicted molar refractivity (Wildman–Crippen MR) is 263 cm³/mol. The highest BCUT2D eigenvalue weighted by atomic mass is 16.4. The second-order valence-electron chi connectivity index (χ2n) is 18.9. The van der Waals surface area contributed by atoms with Crippen molar-refractivity contribution in [3.05, 3.63) is 71.9 Å². The Morgan fingerprint density at radius 1 is 0.819 bits per heavy atom. The first kappa shape index (κ1) is 54.2. The van der Waals surface area contributed by atoms with Crippen LogP contribution in [0.15, 0.2) is 60.8 Å². The van der Waals surface area contributed by atoms with Crippen LogP contribution in [0.25, 0.3) is 10.9 Å². The van der Waals surface area contributed by atoms with Crippen LogP contribution in [0.3, 0.4) is 0 Å². The zero-order valence-electron chi connectivity index (χ0n) is 40.1. The number of guanidine groups is 1. The maximum atomic E-state index is 15.0. The predicted octanol–water partition coefficient (Wildman–Crippen LogP) is -1.31. The molecule has 23 heteroatoms. The maximum absolute atomic E-state index is 15.0. The summed E-state index contributed by atoms with van der Waals surface area (Å²) >= 11 is 0. The van der Waals surface area contributed by atoms with Crippen LogP contribution in [-0.4, -0.2) is 160 Å². The van der Waals surface area contributed by atoms with Gasteiger partial charge >= 0.3 is 11.9 Å². The van der Waals surface area contributed by atoms with Gasteiger partial charge in [-0.05, 0) is 93.7 Å². The quantitative estimate of drug-likeness (QED) is 0.0400. The first-order valence-corrected chi connectivity index (χ1v) is 24.6. The smallest absolute Gasteiger partial charge is 0.317 e. The van der Waals surface area contributed by atoms with Crippen molar-refractivity contribution >= 4 is 64.2 Å². The number of amides is 6. The Kier molecular flexibility index (Phi) is 19.9. The van der Waals surface area contributed by atoms with E-state index in [0.29, 0.717) is 36.8 Å². The summed E-state index contributed by atoms with van der Waals surface area (Å²) < 4.78 is 0. The summed E-state index contributed by atoms with van der Waals surface area (Å²) in [5, 5.41) is 60.3. The minimum absolute atomic E-state index is 0.0227. The molecule has 6 rings (SSSR count). The summed E-state index contributed by atoms with van der Waals surface area (Å²) in [7, 11) is 0. The van der Waals surface area contributed by atoms with Gasteiger partial charge in [0.15, 0.2) is 5.96 Å².